The molecule has 4 bridgehead atoms. The molecule has 4 aliphatic carbocycles. The highest BCUT2D eigenvalue weighted by Gasteiger charge is 2.51. The van der Waals surface area contributed by atoms with Crippen LogP contribution in [0, 0.1) is 17.8 Å². The van der Waals surface area contributed by atoms with E-state index < -0.39 is 0 Å². The minimum absolute atomic E-state index is 0. The standard InChI is InChI=1S/C21H26N2S.BrH/c22-6-5-20-23-19(13-24-20)17-1-3-18(4-2-17)21-10-14-7-15(11-21)9-16(8-14)12-21;/h1-4,13-16H,5-12,22H2;1H. The third kappa shape index (κ3) is 3.11. The van der Waals surface area contributed by atoms with Crippen molar-refractivity contribution >= 4 is 28.3 Å². The molecule has 0 radical (unpaired) electrons. The molecule has 25 heavy (non-hydrogen) atoms. The van der Waals surface area contributed by atoms with Crippen molar-refractivity contribution in [2.45, 2.75) is 50.4 Å². The zero-order valence-electron chi connectivity index (χ0n) is 14.6. The average molecular weight is 419 g/mol. The molecule has 2 aromatic rings. The number of benzene rings is 1. The Morgan fingerprint density at radius 2 is 1.60 bits per heavy atom. The van der Waals surface area contributed by atoms with E-state index in [2.05, 4.69) is 29.6 Å². The van der Waals surface area contributed by atoms with E-state index in [1.807, 2.05) is 0 Å². The van der Waals surface area contributed by atoms with Crippen LogP contribution in [0.15, 0.2) is 29.6 Å². The molecule has 4 fully saturated rings. The molecule has 0 spiro atoms. The average Bonchev–Trinajstić information content (AvgIpc) is 3.03. The monoisotopic (exact) mass is 418 g/mol. The third-order valence-corrected chi connectivity index (χ3v) is 7.65. The lowest BCUT2D eigenvalue weighted by Gasteiger charge is -2.57. The van der Waals surface area contributed by atoms with Crippen molar-refractivity contribution in [1.29, 1.82) is 0 Å². The summed E-state index contributed by atoms with van der Waals surface area (Å²) >= 11 is 1.73. The van der Waals surface area contributed by atoms with E-state index in [1.54, 1.807) is 16.9 Å². The van der Waals surface area contributed by atoms with Crippen molar-refractivity contribution in [2.24, 2.45) is 23.5 Å². The Bertz CT molecular complexity index is 701. The number of halogens is 1. The van der Waals surface area contributed by atoms with Crippen molar-refractivity contribution in [3.8, 4) is 11.3 Å². The van der Waals surface area contributed by atoms with Crippen LogP contribution in [0.5, 0.6) is 0 Å². The Kier molecular flexibility index (Phi) is 4.80. The molecule has 0 unspecified atom stereocenters. The predicted molar refractivity (Wildman–Crippen MR) is 110 cm³/mol. The molecular formula is C21H27BrN2S. The van der Waals surface area contributed by atoms with E-state index in [4.69, 9.17) is 10.7 Å². The summed E-state index contributed by atoms with van der Waals surface area (Å²) in [5, 5.41) is 3.32. The molecule has 4 aliphatic rings. The molecule has 4 heteroatoms. The molecule has 134 valence electrons. The Labute approximate surface area is 165 Å². The van der Waals surface area contributed by atoms with Gasteiger partial charge in [-0.3, -0.25) is 0 Å². The van der Waals surface area contributed by atoms with Gasteiger partial charge in [0, 0.05) is 17.4 Å². The number of nitrogens with two attached hydrogens (primary N) is 1. The summed E-state index contributed by atoms with van der Waals surface area (Å²) in [6.45, 7) is 0.678. The van der Waals surface area contributed by atoms with Gasteiger partial charge in [0.15, 0.2) is 0 Å². The van der Waals surface area contributed by atoms with Crippen molar-refractivity contribution in [1.82, 2.24) is 4.98 Å². The van der Waals surface area contributed by atoms with Gasteiger partial charge in [-0.05, 0) is 73.8 Å². The molecule has 0 amide bonds. The van der Waals surface area contributed by atoms with Crippen LogP contribution in [-0.4, -0.2) is 11.5 Å². The SMILES string of the molecule is Br.NCCc1nc(-c2ccc(C34CC5CC(CC(C5)C3)C4)cc2)cs1. The third-order valence-electron chi connectivity index (χ3n) is 6.74. The highest BCUT2D eigenvalue weighted by molar-refractivity contribution is 8.93. The number of rotatable bonds is 4. The van der Waals surface area contributed by atoms with Crippen molar-refractivity contribution in [2.75, 3.05) is 6.54 Å². The van der Waals surface area contributed by atoms with Gasteiger partial charge in [-0.15, -0.1) is 28.3 Å². The highest BCUT2D eigenvalue weighted by Crippen LogP contribution is 2.60. The van der Waals surface area contributed by atoms with E-state index >= 15 is 0 Å². The van der Waals surface area contributed by atoms with Crippen LogP contribution in [0.4, 0.5) is 0 Å². The van der Waals surface area contributed by atoms with Gasteiger partial charge in [0.1, 0.15) is 0 Å². The van der Waals surface area contributed by atoms with Gasteiger partial charge in [-0.2, -0.15) is 0 Å². The first-order chi connectivity index (χ1) is 11.7. The molecule has 2 nitrogen and oxygen atoms in total. The lowest BCUT2D eigenvalue weighted by Crippen LogP contribution is -2.48. The first kappa shape index (κ1) is 17.7. The van der Waals surface area contributed by atoms with Crippen LogP contribution in [0.2, 0.25) is 0 Å². The molecule has 6 rings (SSSR count). The Balaban J connectivity index is 0.00000157. The molecule has 4 saturated carbocycles. The van der Waals surface area contributed by atoms with Crippen LogP contribution in [0.25, 0.3) is 11.3 Å². The highest BCUT2D eigenvalue weighted by atomic mass is 79.9. The summed E-state index contributed by atoms with van der Waals surface area (Å²) in [4.78, 5) is 4.73. The minimum Gasteiger partial charge on any atom is -0.330 e. The molecular weight excluding hydrogens is 392 g/mol. The molecule has 1 aromatic carbocycles. The van der Waals surface area contributed by atoms with E-state index in [0.717, 1.165) is 34.9 Å². The summed E-state index contributed by atoms with van der Waals surface area (Å²) < 4.78 is 0. The molecule has 1 aromatic heterocycles. The summed E-state index contributed by atoms with van der Waals surface area (Å²) in [6.07, 6.45) is 9.75. The number of hydrogen-bond acceptors (Lipinski definition) is 3. The van der Waals surface area contributed by atoms with Crippen LogP contribution in [0.1, 0.15) is 49.1 Å². The maximum atomic E-state index is 5.64. The molecule has 0 saturated heterocycles. The molecule has 0 aliphatic heterocycles. The first-order valence-corrected chi connectivity index (χ1v) is 10.4. The van der Waals surface area contributed by atoms with Gasteiger partial charge in [0.25, 0.3) is 0 Å². The van der Waals surface area contributed by atoms with Crippen molar-refractivity contribution in [3.05, 3.63) is 40.2 Å². The van der Waals surface area contributed by atoms with Gasteiger partial charge >= 0.3 is 0 Å². The van der Waals surface area contributed by atoms with E-state index in [1.165, 1.54) is 44.1 Å². The fourth-order valence-corrected chi connectivity index (χ4v) is 6.96. The van der Waals surface area contributed by atoms with Crippen LogP contribution < -0.4 is 5.73 Å². The van der Waals surface area contributed by atoms with Gasteiger partial charge in [0.05, 0.1) is 10.7 Å². The summed E-state index contributed by atoms with van der Waals surface area (Å²) in [7, 11) is 0. The van der Waals surface area contributed by atoms with Gasteiger partial charge < -0.3 is 5.73 Å². The second kappa shape index (κ2) is 6.79. The minimum atomic E-state index is 0. The Morgan fingerprint density at radius 1 is 1.00 bits per heavy atom. The molecule has 2 N–H and O–H groups in total. The number of hydrogen-bond donors (Lipinski definition) is 1. The van der Waals surface area contributed by atoms with Gasteiger partial charge in [-0.25, -0.2) is 4.98 Å². The topological polar surface area (TPSA) is 38.9 Å². The lowest BCUT2D eigenvalue weighted by atomic mass is 9.48. The summed E-state index contributed by atoms with van der Waals surface area (Å²) in [5.74, 6) is 3.02. The van der Waals surface area contributed by atoms with E-state index in [0.29, 0.717) is 12.0 Å². The fourth-order valence-electron chi connectivity index (χ4n) is 6.14. The second-order valence-corrected chi connectivity index (χ2v) is 9.38. The fraction of sp³-hybridized carbons (Fsp3) is 0.571. The predicted octanol–water partition coefficient (Wildman–Crippen LogP) is 5.36. The number of aromatic nitrogens is 1. The zero-order valence-corrected chi connectivity index (χ0v) is 17.1. The lowest BCUT2D eigenvalue weighted by molar-refractivity contribution is -0.00518. The maximum absolute atomic E-state index is 5.64. The number of nitrogens with zero attached hydrogens (tertiary/aromatic N) is 1. The maximum Gasteiger partial charge on any atom is 0.0945 e. The quantitative estimate of drug-likeness (QED) is 0.725. The first-order valence-electron chi connectivity index (χ1n) is 9.49. The van der Waals surface area contributed by atoms with Crippen molar-refractivity contribution in [3.63, 3.8) is 0 Å². The molecule has 1 heterocycles. The van der Waals surface area contributed by atoms with Gasteiger partial charge in [-0.1, -0.05) is 24.3 Å². The smallest absolute Gasteiger partial charge is 0.0945 e. The largest absolute Gasteiger partial charge is 0.330 e. The zero-order chi connectivity index (χ0) is 16.1. The molecule has 0 atom stereocenters. The van der Waals surface area contributed by atoms with Crippen LogP contribution in [0.3, 0.4) is 0 Å². The van der Waals surface area contributed by atoms with Crippen molar-refractivity contribution < 1.29 is 0 Å². The Hall–Kier alpha value is -0.710. The summed E-state index contributed by atoms with van der Waals surface area (Å²) in [5.41, 5.74) is 10.1. The van der Waals surface area contributed by atoms with Crippen LogP contribution >= 0.6 is 28.3 Å². The number of thiazole rings is 1. The van der Waals surface area contributed by atoms with E-state index in [9.17, 15) is 0 Å². The Morgan fingerprint density at radius 3 is 2.16 bits per heavy atom. The van der Waals surface area contributed by atoms with Gasteiger partial charge in [0.2, 0.25) is 0 Å². The summed E-state index contributed by atoms with van der Waals surface area (Å²) in [6, 6.07) is 9.42. The van der Waals surface area contributed by atoms with E-state index in [-0.39, 0.29) is 17.0 Å². The second-order valence-electron chi connectivity index (χ2n) is 8.44. The van der Waals surface area contributed by atoms with Crippen LogP contribution in [-0.2, 0) is 11.8 Å². The normalized spacial score (nSPS) is 32.6.